The fourth-order valence-electron chi connectivity index (χ4n) is 4.71. The Balaban J connectivity index is 0.00000320. The van der Waals surface area contributed by atoms with Crippen LogP contribution in [0.25, 0.3) is 10.2 Å². The Hall–Kier alpha value is -2.48. The Morgan fingerprint density at radius 2 is 1.65 bits per heavy atom. The van der Waals surface area contributed by atoms with Crippen LogP contribution in [0.4, 0.5) is 5.13 Å². The van der Waals surface area contributed by atoms with E-state index in [1.807, 2.05) is 84.6 Å². The lowest BCUT2D eigenvalue weighted by Gasteiger charge is -2.29. The molecule has 5 nitrogen and oxygen atoms in total. The molecule has 2 heterocycles. The number of halogens is 2. The van der Waals surface area contributed by atoms with E-state index in [1.54, 1.807) is 11.3 Å². The van der Waals surface area contributed by atoms with E-state index < -0.39 is 5.92 Å². The zero-order valence-corrected chi connectivity index (χ0v) is 23.2. The molecule has 1 fully saturated rings. The summed E-state index contributed by atoms with van der Waals surface area (Å²) >= 11 is 7.94. The first-order valence-electron chi connectivity index (χ1n) is 12.4. The summed E-state index contributed by atoms with van der Waals surface area (Å²) in [6.07, 6.45) is 0.859. The summed E-state index contributed by atoms with van der Waals surface area (Å²) in [5, 5.41) is 1.41. The summed E-state index contributed by atoms with van der Waals surface area (Å²) in [6, 6.07) is 24.0. The van der Waals surface area contributed by atoms with Crippen molar-refractivity contribution in [2.45, 2.75) is 19.3 Å². The molecule has 0 radical (unpaired) electrons. The number of morpholine rings is 1. The summed E-state index contributed by atoms with van der Waals surface area (Å²) in [5.41, 5.74) is 3.77. The van der Waals surface area contributed by atoms with Crippen LogP contribution in [0.15, 0.2) is 72.8 Å². The van der Waals surface area contributed by atoms with Crippen LogP contribution >= 0.6 is 35.3 Å². The number of aryl methyl sites for hydroxylation is 1. The molecule has 1 saturated heterocycles. The van der Waals surface area contributed by atoms with E-state index >= 15 is 0 Å². The van der Waals surface area contributed by atoms with Crippen LogP contribution in [0.5, 0.6) is 0 Å². The first kappa shape index (κ1) is 27.6. The van der Waals surface area contributed by atoms with Gasteiger partial charge in [0.15, 0.2) is 5.13 Å². The van der Waals surface area contributed by atoms with Crippen LogP contribution in [-0.4, -0.2) is 55.2 Å². The predicted octanol–water partition coefficient (Wildman–Crippen LogP) is 6.57. The molecular weight excluding hydrogens is 525 g/mol. The first-order valence-corrected chi connectivity index (χ1v) is 13.6. The van der Waals surface area contributed by atoms with Crippen molar-refractivity contribution in [1.29, 1.82) is 0 Å². The third-order valence-corrected chi connectivity index (χ3v) is 8.16. The summed E-state index contributed by atoms with van der Waals surface area (Å²) in [4.78, 5) is 23.6. The third-order valence-electron chi connectivity index (χ3n) is 6.71. The Labute approximate surface area is 233 Å². The van der Waals surface area contributed by atoms with Crippen LogP contribution in [0.1, 0.15) is 29.0 Å². The average Bonchev–Trinajstić information content (AvgIpc) is 3.35. The lowest BCUT2D eigenvalue weighted by Crippen LogP contribution is -2.40. The van der Waals surface area contributed by atoms with Crippen LogP contribution in [0.2, 0.25) is 5.02 Å². The van der Waals surface area contributed by atoms with Gasteiger partial charge in [0, 0.05) is 31.2 Å². The number of ether oxygens (including phenoxy) is 1. The van der Waals surface area contributed by atoms with Gasteiger partial charge in [-0.1, -0.05) is 83.6 Å². The molecule has 0 saturated carbocycles. The van der Waals surface area contributed by atoms with Crippen LogP contribution < -0.4 is 4.90 Å². The Morgan fingerprint density at radius 3 is 2.27 bits per heavy atom. The Bertz CT molecular complexity index is 1270. The molecule has 4 aromatic rings. The van der Waals surface area contributed by atoms with Gasteiger partial charge in [0.1, 0.15) is 0 Å². The van der Waals surface area contributed by atoms with Gasteiger partial charge in [-0.2, -0.15) is 0 Å². The van der Waals surface area contributed by atoms with Crippen molar-refractivity contribution in [2.24, 2.45) is 0 Å². The average molecular weight is 557 g/mol. The largest absolute Gasteiger partial charge is 0.379 e. The van der Waals surface area contributed by atoms with Gasteiger partial charge in [-0.25, -0.2) is 4.98 Å². The molecule has 0 N–H and O–H groups in total. The second-order valence-electron chi connectivity index (χ2n) is 9.07. The third kappa shape index (κ3) is 6.33. The maximum atomic E-state index is 14.4. The van der Waals surface area contributed by atoms with E-state index in [2.05, 4.69) is 4.90 Å². The lowest BCUT2D eigenvalue weighted by atomic mass is 9.90. The molecule has 1 aromatic heterocycles. The van der Waals surface area contributed by atoms with E-state index in [0.717, 1.165) is 71.3 Å². The number of amides is 1. The monoisotopic (exact) mass is 555 g/mol. The van der Waals surface area contributed by atoms with E-state index in [9.17, 15) is 4.79 Å². The number of hydrogen-bond donors (Lipinski definition) is 0. The molecule has 1 amide bonds. The highest BCUT2D eigenvalue weighted by molar-refractivity contribution is 7.22. The summed E-state index contributed by atoms with van der Waals surface area (Å²) < 4.78 is 6.53. The number of aromatic nitrogens is 1. The number of carbonyl (C=O) groups excluding carboxylic acids is 1. The maximum Gasteiger partial charge on any atom is 0.240 e. The minimum atomic E-state index is -0.410. The van der Waals surface area contributed by atoms with Crippen molar-refractivity contribution >= 4 is 56.6 Å². The fraction of sp³-hybridized carbons (Fsp3) is 0.310. The molecule has 3 aromatic carbocycles. The summed E-state index contributed by atoms with van der Waals surface area (Å²) in [7, 11) is 0. The SMILES string of the molecule is Cc1c(Cl)ccc2sc(N(CCCN3CCOCC3)C(=O)C(c3ccccc3)c3ccccc3)nc12.Cl. The molecule has 0 bridgehead atoms. The van der Waals surface area contributed by atoms with Gasteiger partial charge in [-0.3, -0.25) is 14.6 Å². The normalized spacial score (nSPS) is 14.0. The Kier molecular flexibility index (Phi) is 9.57. The van der Waals surface area contributed by atoms with E-state index in [-0.39, 0.29) is 18.3 Å². The highest BCUT2D eigenvalue weighted by atomic mass is 35.5. The van der Waals surface area contributed by atoms with E-state index in [4.69, 9.17) is 21.3 Å². The zero-order chi connectivity index (χ0) is 24.9. The number of hydrogen-bond acceptors (Lipinski definition) is 5. The molecule has 5 rings (SSSR count). The molecule has 1 aliphatic heterocycles. The molecule has 0 atom stereocenters. The van der Waals surface area contributed by atoms with E-state index in [1.165, 1.54) is 0 Å². The van der Waals surface area contributed by atoms with Crippen molar-refractivity contribution in [3.05, 3.63) is 94.5 Å². The molecule has 0 unspecified atom stereocenters. The zero-order valence-electron chi connectivity index (χ0n) is 20.8. The number of fused-ring (bicyclic) bond motifs is 1. The van der Waals surface area contributed by atoms with Crippen molar-refractivity contribution < 1.29 is 9.53 Å². The molecular formula is C29H31Cl2N3O2S. The smallest absolute Gasteiger partial charge is 0.240 e. The van der Waals surface area contributed by atoms with Gasteiger partial charge in [0.2, 0.25) is 5.91 Å². The summed E-state index contributed by atoms with van der Waals surface area (Å²) in [6.45, 7) is 6.90. The molecule has 1 aliphatic rings. The highest BCUT2D eigenvalue weighted by Crippen LogP contribution is 2.36. The number of rotatable bonds is 8. The second-order valence-corrected chi connectivity index (χ2v) is 10.5. The number of anilines is 1. The number of nitrogens with zero attached hydrogens (tertiary/aromatic N) is 3. The minimum Gasteiger partial charge on any atom is -0.379 e. The van der Waals surface area contributed by atoms with Gasteiger partial charge < -0.3 is 4.74 Å². The van der Waals surface area contributed by atoms with E-state index in [0.29, 0.717) is 11.6 Å². The number of benzene rings is 3. The number of carbonyl (C=O) groups is 1. The lowest BCUT2D eigenvalue weighted by molar-refractivity contribution is -0.119. The standard InChI is InChI=1S/C29H30ClN3O2S.ClH/c1-21-24(30)13-14-25-27(21)31-29(36-25)33(16-8-15-32-17-19-35-20-18-32)28(34)26(22-9-4-2-5-10-22)23-11-6-3-7-12-23;/h2-7,9-14,26H,8,15-20H2,1H3;1H. The molecule has 8 heteroatoms. The van der Waals surface area contributed by atoms with Crippen molar-refractivity contribution in [3.8, 4) is 0 Å². The van der Waals surface area contributed by atoms with Crippen LogP contribution in [0.3, 0.4) is 0 Å². The van der Waals surface area contributed by atoms with Gasteiger partial charge in [-0.05, 0) is 42.2 Å². The Morgan fingerprint density at radius 1 is 1.03 bits per heavy atom. The van der Waals surface area contributed by atoms with Gasteiger partial charge in [0.05, 0.1) is 29.3 Å². The molecule has 0 aliphatic carbocycles. The highest BCUT2D eigenvalue weighted by Gasteiger charge is 2.30. The van der Waals surface area contributed by atoms with Gasteiger partial charge in [-0.15, -0.1) is 12.4 Å². The van der Waals surface area contributed by atoms with Gasteiger partial charge in [0.25, 0.3) is 0 Å². The minimum absolute atomic E-state index is 0. The van der Waals surface area contributed by atoms with Crippen molar-refractivity contribution in [3.63, 3.8) is 0 Å². The molecule has 194 valence electrons. The topological polar surface area (TPSA) is 45.7 Å². The quantitative estimate of drug-likeness (QED) is 0.246. The van der Waals surface area contributed by atoms with Crippen molar-refractivity contribution in [2.75, 3.05) is 44.3 Å². The van der Waals surface area contributed by atoms with Crippen LogP contribution in [-0.2, 0) is 9.53 Å². The fourth-order valence-corrected chi connectivity index (χ4v) is 5.92. The second kappa shape index (κ2) is 12.9. The van der Waals surface area contributed by atoms with Crippen molar-refractivity contribution in [1.82, 2.24) is 9.88 Å². The predicted molar refractivity (Wildman–Crippen MR) is 156 cm³/mol. The summed E-state index contributed by atoms with van der Waals surface area (Å²) in [5.74, 6) is -0.371. The molecule has 0 spiro atoms. The van der Waals surface area contributed by atoms with Gasteiger partial charge >= 0.3 is 0 Å². The number of thiazole rings is 1. The van der Waals surface area contributed by atoms with Crippen LogP contribution in [0, 0.1) is 6.92 Å². The maximum absolute atomic E-state index is 14.4. The first-order chi connectivity index (χ1) is 17.6. The molecule has 37 heavy (non-hydrogen) atoms.